The van der Waals surface area contributed by atoms with Gasteiger partial charge in [-0.15, -0.1) is 0 Å². The first-order chi connectivity index (χ1) is 18.1. The average Bonchev–Trinajstić information content (AvgIpc) is 3.53. The van der Waals surface area contributed by atoms with Crippen LogP contribution in [0.1, 0.15) is 52.2 Å². The number of hydrogen-bond donors (Lipinski definition) is 2. The topological polar surface area (TPSA) is 94.5 Å². The highest BCUT2D eigenvalue weighted by Crippen LogP contribution is 2.32. The zero-order valence-electron chi connectivity index (χ0n) is 22.4. The van der Waals surface area contributed by atoms with E-state index in [-0.39, 0.29) is 12.3 Å². The fourth-order valence-corrected chi connectivity index (χ4v) is 5.16. The number of carbonyl (C=O) groups excluding carboxylic acids is 1. The number of benzene rings is 1. The summed E-state index contributed by atoms with van der Waals surface area (Å²) in [5, 5.41) is 8.00. The molecule has 10 heteroatoms. The highest BCUT2D eigenvalue weighted by Gasteiger charge is 2.24. The number of nitrogens with one attached hydrogen (secondary N) is 2. The van der Waals surface area contributed by atoms with Crippen molar-refractivity contribution in [1.82, 2.24) is 29.5 Å². The molecule has 0 spiro atoms. The number of anilines is 2. The number of fused-ring (bicyclic) bond motifs is 1. The molecule has 10 nitrogen and oxygen atoms in total. The maximum absolute atomic E-state index is 13.2. The Kier molecular flexibility index (Phi) is 7.95. The number of aromatic amines is 1. The molecule has 1 aromatic carbocycles. The second-order valence-electron chi connectivity index (χ2n) is 10.2. The number of hydrogen-bond acceptors (Lipinski definition) is 6. The molecular weight excluding hydrogens is 468 g/mol. The molecule has 2 fully saturated rings. The van der Waals surface area contributed by atoms with Crippen molar-refractivity contribution in [3.63, 3.8) is 0 Å². The van der Waals surface area contributed by atoms with Crippen LogP contribution in [0.15, 0.2) is 24.4 Å². The van der Waals surface area contributed by atoms with Crippen molar-refractivity contribution < 1.29 is 9.53 Å². The van der Waals surface area contributed by atoms with E-state index in [1.54, 1.807) is 0 Å². The highest BCUT2D eigenvalue weighted by atomic mass is 16.5. The number of aromatic nitrogens is 4. The Hall–Kier alpha value is -3.11. The standard InChI is InChI=1S/C27H40N8O2/c1-4-11-34(12-5-2)27(36)30-23-19-35(24-8-6-7-17-37-24)31-25(23)26-28-21-10-9-20(18-22(21)29-26)33-15-13-32(3)14-16-33/h9-10,18-19,24H,4-8,11-17H2,1-3H3,(H,28,29)(H,30,36). The molecule has 2 saturated heterocycles. The van der Waals surface area contributed by atoms with Crippen molar-refractivity contribution >= 4 is 28.4 Å². The fraction of sp³-hybridized carbons (Fsp3) is 0.593. The molecule has 2 aromatic heterocycles. The lowest BCUT2D eigenvalue weighted by atomic mass is 10.2. The number of amides is 2. The predicted octanol–water partition coefficient (Wildman–Crippen LogP) is 4.53. The van der Waals surface area contributed by atoms with Crippen LogP contribution in [0.4, 0.5) is 16.2 Å². The average molecular weight is 509 g/mol. The summed E-state index contributed by atoms with van der Waals surface area (Å²) in [6.07, 6.45) is 6.65. The summed E-state index contributed by atoms with van der Waals surface area (Å²) >= 11 is 0. The zero-order valence-corrected chi connectivity index (χ0v) is 22.4. The van der Waals surface area contributed by atoms with Crippen LogP contribution in [0, 0.1) is 0 Å². The number of piperazine rings is 1. The van der Waals surface area contributed by atoms with Gasteiger partial charge in [0, 0.05) is 51.6 Å². The molecule has 0 aliphatic carbocycles. The van der Waals surface area contributed by atoms with Gasteiger partial charge in [-0.3, -0.25) is 0 Å². The maximum Gasteiger partial charge on any atom is 0.321 e. The molecule has 1 unspecified atom stereocenters. The third kappa shape index (κ3) is 5.75. The van der Waals surface area contributed by atoms with Crippen LogP contribution in [-0.4, -0.2) is 88.5 Å². The normalized spacial score (nSPS) is 18.9. The molecule has 0 bridgehead atoms. The van der Waals surface area contributed by atoms with E-state index in [0.717, 1.165) is 75.9 Å². The largest absolute Gasteiger partial charge is 0.369 e. The Balaban J connectivity index is 1.45. The van der Waals surface area contributed by atoms with Gasteiger partial charge in [-0.05, 0) is 57.4 Å². The first-order valence-corrected chi connectivity index (χ1v) is 13.8. The van der Waals surface area contributed by atoms with Crippen LogP contribution in [0.5, 0.6) is 0 Å². The van der Waals surface area contributed by atoms with Crippen LogP contribution >= 0.6 is 0 Å². The van der Waals surface area contributed by atoms with Crippen LogP contribution in [0.3, 0.4) is 0 Å². The Bertz CT molecular complexity index is 1180. The van der Waals surface area contributed by atoms with Crippen LogP contribution in [0.2, 0.25) is 0 Å². The summed E-state index contributed by atoms with van der Waals surface area (Å²) in [6.45, 7) is 10.5. The van der Waals surface area contributed by atoms with E-state index in [4.69, 9.17) is 14.8 Å². The number of nitrogens with zero attached hydrogens (tertiary/aromatic N) is 6. The smallest absolute Gasteiger partial charge is 0.321 e. The minimum atomic E-state index is -0.131. The van der Waals surface area contributed by atoms with Gasteiger partial charge >= 0.3 is 6.03 Å². The monoisotopic (exact) mass is 508 g/mol. The lowest BCUT2D eigenvalue weighted by Gasteiger charge is -2.34. The molecule has 3 aromatic rings. The highest BCUT2D eigenvalue weighted by molar-refractivity contribution is 5.93. The van der Waals surface area contributed by atoms with E-state index in [0.29, 0.717) is 30.3 Å². The van der Waals surface area contributed by atoms with Gasteiger partial charge in [0.25, 0.3) is 0 Å². The summed E-state index contributed by atoms with van der Waals surface area (Å²) in [6, 6.07) is 6.26. The fourth-order valence-electron chi connectivity index (χ4n) is 5.16. The Morgan fingerprint density at radius 3 is 2.65 bits per heavy atom. The summed E-state index contributed by atoms with van der Waals surface area (Å²) in [5.74, 6) is 0.646. The molecule has 200 valence electrons. The van der Waals surface area contributed by atoms with Crippen LogP contribution in [0.25, 0.3) is 22.6 Å². The Morgan fingerprint density at radius 1 is 1.16 bits per heavy atom. The van der Waals surface area contributed by atoms with Gasteiger partial charge in [0.05, 0.1) is 22.9 Å². The minimum Gasteiger partial charge on any atom is -0.369 e. The molecule has 0 saturated carbocycles. The first-order valence-electron chi connectivity index (χ1n) is 13.8. The molecule has 2 aliphatic heterocycles. The van der Waals surface area contributed by atoms with Crippen molar-refractivity contribution in [2.75, 3.05) is 63.1 Å². The SMILES string of the molecule is CCCN(CCC)C(=O)Nc1cn(C2CCCCO2)nc1-c1nc2ccc(N3CCN(C)CC3)cc2[nH]1. The van der Waals surface area contributed by atoms with E-state index in [1.165, 1.54) is 5.69 Å². The van der Waals surface area contributed by atoms with Crippen LogP contribution < -0.4 is 10.2 Å². The molecule has 37 heavy (non-hydrogen) atoms. The lowest BCUT2D eigenvalue weighted by Crippen LogP contribution is -2.44. The number of imidazole rings is 1. The van der Waals surface area contributed by atoms with Gasteiger partial charge in [-0.2, -0.15) is 5.10 Å². The number of rotatable bonds is 8. The second kappa shape index (κ2) is 11.5. The third-order valence-corrected chi connectivity index (χ3v) is 7.26. The van der Waals surface area contributed by atoms with Crippen molar-refractivity contribution in [3.8, 4) is 11.5 Å². The number of carbonyl (C=O) groups is 1. The third-order valence-electron chi connectivity index (χ3n) is 7.26. The van der Waals surface area contributed by atoms with Gasteiger partial charge in [0.15, 0.2) is 11.5 Å². The Morgan fingerprint density at radius 2 is 1.95 bits per heavy atom. The quantitative estimate of drug-likeness (QED) is 0.464. The van der Waals surface area contributed by atoms with Crippen molar-refractivity contribution in [2.45, 2.75) is 52.2 Å². The summed E-state index contributed by atoms with van der Waals surface area (Å²) in [7, 11) is 2.17. The molecule has 2 N–H and O–H groups in total. The second-order valence-corrected chi connectivity index (χ2v) is 10.2. The van der Waals surface area contributed by atoms with Crippen LogP contribution in [-0.2, 0) is 4.74 Å². The predicted molar refractivity (Wildman–Crippen MR) is 147 cm³/mol. The molecule has 2 aliphatic rings. The van der Waals surface area contributed by atoms with Gasteiger partial charge in [0.1, 0.15) is 6.23 Å². The molecule has 5 rings (SSSR count). The van der Waals surface area contributed by atoms with Crippen molar-refractivity contribution in [2.24, 2.45) is 0 Å². The molecular formula is C27H40N8O2. The summed E-state index contributed by atoms with van der Waals surface area (Å²) in [5.41, 5.74) is 4.32. The van der Waals surface area contributed by atoms with E-state index in [2.05, 4.69) is 59.2 Å². The minimum absolute atomic E-state index is 0.109. The van der Waals surface area contributed by atoms with Crippen molar-refractivity contribution in [3.05, 3.63) is 24.4 Å². The van der Waals surface area contributed by atoms with Gasteiger partial charge < -0.3 is 29.7 Å². The molecule has 0 radical (unpaired) electrons. The molecule has 2 amide bonds. The van der Waals surface area contributed by atoms with E-state index < -0.39 is 0 Å². The maximum atomic E-state index is 13.2. The number of ether oxygens (including phenoxy) is 1. The van der Waals surface area contributed by atoms with Gasteiger partial charge in [0.2, 0.25) is 0 Å². The van der Waals surface area contributed by atoms with Crippen molar-refractivity contribution in [1.29, 1.82) is 0 Å². The first kappa shape index (κ1) is 25.5. The summed E-state index contributed by atoms with van der Waals surface area (Å²) in [4.78, 5) is 28.2. The number of likely N-dealkylation sites (N-methyl/N-ethyl adjacent to an activating group) is 1. The molecule has 1 atom stereocenters. The van der Waals surface area contributed by atoms with E-state index in [1.807, 2.05) is 15.8 Å². The Labute approximate surface area is 219 Å². The van der Waals surface area contributed by atoms with Gasteiger partial charge in [-0.25, -0.2) is 14.5 Å². The van der Waals surface area contributed by atoms with E-state index in [9.17, 15) is 4.79 Å². The summed E-state index contributed by atoms with van der Waals surface area (Å²) < 4.78 is 7.83. The zero-order chi connectivity index (χ0) is 25.8. The number of H-pyrrole nitrogens is 1. The number of urea groups is 1. The lowest BCUT2D eigenvalue weighted by molar-refractivity contribution is -0.0393. The van der Waals surface area contributed by atoms with Gasteiger partial charge in [-0.1, -0.05) is 13.8 Å². The molecule has 4 heterocycles. The van der Waals surface area contributed by atoms with E-state index >= 15 is 0 Å².